The molecular weight excluding hydrogens is 414 g/mol. The van der Waals surface area contributed by atoms with Gasteiger partial charge < -0.3 is 8.98 Å². The first-order valence-electron chi connectivity index (χ1n) is 11.5. The summed E-state index contributed by atoms with van der Waals surface area (Å²) < 4.78 is 8.26. The number of fused-ring (bicyclic) bond motifs is 9. The third kappa shape index (κ3) is 2.82. The number of benzene rings is 5. The van der Waals surface area contributed by atoms with E-state index in [1.54, 1.807) is 6.26 Å². The van der Waals surface area contributed by atoms with Crippen molar-refractivity contribution in [1.29, 1.82) is 0 Å². The Kier molecular flexibility index (Phi) is 4.18. The van der Waals surface area contributed by atoms with Crippen molar-refractivity contribution in [3.63, 3.8) is 0 Å². The number of hydrogen-bond acceptors (Lipinski definition) is 1. The first kappa shape index (κ1) is 19.0. The summed E-state index contributed by atoms with van der Waals surface area (Å²) in [6, 6.07) is 41.0. The van der Waals surface area contributed by atoms with Gasteiger partial charge in [-0.3, -0.25) is 0 Å². The first-order valence-corrected chi connectivity index (χ1v) is 11.5. The van der Waals surface area contributed by atoms with Gasteiger partial charge in [0.25, 0.3) is 0 Å². The van der Waals surface area contributed by atoms with Gasteiger partial charge in [0.1, 0.15) is 6.26 Å². The topological polar surface area (TPSA) is 18.1 Å². The summed E-state index contributed by atoms with van der Waals surface area (Å²) in [6.07, 6.45) is 3.75. The van der Waals surface area contributed by atoms with E-state index in [0.717, 1.165) is 16.8 Å². The molecule has 7 aromatic rings. The maximum atomic E-state index is 6.06. The van der Waals surface area contributed by atoms with E-state index in [9.17, 15) is 0 Å². The van der Waals surface area contributed by atoms with Crippen molar-refractivity contribution in [1.82, 2.24) is 4.57 Å². The summed E-state index contributed by atoms with van der Waals surface area (Å²) in [5.41, 5.74) is 2.99. The van der Waals surface area contributed by atoms with Gasteiger partial charge in [0.2, 0.25) is 0 Å². The zero-order valence-electron chi connectivity index (χ0n) is 18.5. The third-order valence-corrected chi connectivity index (χ3v) is 6.74. The Bertz CT molecular complexity index is 1910. The van der Waals surface area contributed by atoms with Crippen LogP contribution >= 0.6 is 0 Å². The lowest BCUT2D eigenvalue weighted by molar-refractivity contribution is 0.593. The van der Waals surface area contributed by atoms with E-state index < -0.39 is 0 Å². The Morgan fingerprint density at radius 3 is 1.41 bits per heavy atom. The molecule has 2 heteroatoms. The maximum absolute atomic E-state index is 6.06. The Balaban J connectivity index is 1.80. The Labute approximate surface area is 196 Å². The van der Waals surface area contributed by atoms with E-state index in [0.29, 0.717) is 0 Å². The van der Waals surface area contributed by atoms with Crippen LogP contribution in [0.25, 0.3) is 59.9 Å². The Morgan fingerprint density at radius 2 is 0.882 bits per heavy atom. The van der Waals surface area contributed by atoms with Gasteiger partial charge in [-0.2, -0.15) is 0 Å². The van der Waals surface area contributed by atoms with Crippen LogP contribution in [0.15, 0.2) is 132 Å². The highest BCUT2D eigenvalue weighted by Gasteiger charge is 2.11. The first-order chi connectivity index (χ1) is 16.9. The number of hydrogen-bond donors (Lipinski definition) is 0. The SMILES string of the molecule is c1ccc(-n2ccoc3cc4c5ccccc5c5ccccc5c5ccccc5c4cc32)cc1. The fourth-order valence-corrected chi connectivity index (χ4v) is 5.21. The van der Waals surface area contributed by atoms with E-state index in [1.165, 1.54) is 43.1 Å². The molecule has 0 bridgehead atoms. The maximum Gasteiger partial charge on any atom is 0.151 e. The fraction of sp³-hybridized carbons (Fsp3) is 0. The van der Waals surface area contributed by atoms with E-state index in [1.807, 2.05) is 12.3 Å². The molecule has 0 saturated heterocycles. The summed E-state index contributed by atoms with van der Waals surface area (Å²) >= 11 is 0. The molecule has 6 aromatic carbocycles. The summed E-state index contributed by atoms with van der Waals surface area (Å²) in [4.78, 5) is 0. The summed E-state index contributed by atoms with van der Waals surface area (Å²) in [5.74, 6) is 0. The van der Waals surface area contributed by atoms with E-state index >= 15 is 0 Å². The molecule has 0 unspecified atom stereocenters. The van der Waals surface area contributed by atoms with E-state index in [-0.39, 0.29) is 0 Å². The van der Waals surface area contributed by atoms with Crippen LogP contribution in [-0.2, 0) is 0 Å². The van der Waals surface area contributed by atoms with Crippen molar-refractivity contribution in [3.05, 3.63) is 128 Å². The average Bonchev–Trinajstić information content (AvgIpc) is 2.92. The van der Waals surface area contributed by atoms with Crippen LogP contribution in [0.1, 0.15) is 0 Å². The van der Waals surface area contributed by atoms with Crippen molar-refractivity contribution in [3.8, 4) is 5.69 Å². The van der Waals surface area contributed by atoms with Crippen LogP contribution in [0.5, 0.6) is 0 Å². The number of aromatic nitrogens is 1. The number of para-hydroxylation sites is 1. The minimum atomic E-state index is 0.853. The lowest BCUT2D eigenvalue weighted by atomic mass is 9.94. The summed E-state index contributed by atoms with van der Waals surface area (Å²) in [5, 5.41) is 9.81. The predicted molar refractivity (Wildman–Crippen MR) is 143 cm³/mol. The van der Waals surface area contributed by atoms with Gasteiger partial charge in [-0.1, -0.05) is 91.0 Å². The molecule has 0 aliphatic heterocycles. The van der Waals surface area contributed by atoms with Crippen molar-refractivity contribution in [2.75, 3.05) is 0 Å². The molecular formula is C32H21NO. The van der Waals surface area contributed by atoms with Gasteiger partial charge in [-0.15, -0.1) is 0 Å². The second-order valence-electron chi connectivity index (χ2n) is 8.61. The van der Waals surface area contributed by atoms with Gasteiger partial charge in [0.05, 0.1) is 5.52 Å². The molecule has 34 heavy (non-hydrogen) atoms. The fourth-order valence-electron chi connectivity index (χ4n) is 5.21. The van der Waals surface area contributed by atoms with Crippen LogP contribution in [0.4, 0.5) is 0 Å². The van der Waals surface area contributed by atoms with Gasteiger partial charge >= 0.3 is 0 Å². The molecule has 0 aliphatic carbocycles. The molecule has 2 nitrogen and oxygen atoms in total. The monoisotopic (exact) mass is 435 g/mol. The lowest BCUT2D eigenvalue weighted by Gasteiger charge is -2.14. The summed E-state index contributed by atoms with van der Waals surface area (Å²) in [7, 11) is 0. The van der Waals surface area contributed by atoms with Crippen molar-refractivity contribution < 1.29 is 4.42 Å². The van der Waals surface area contributed by atoms with Crippen LogP contribution in [0.2, 0.25) is 0 Å². The molecule has 0 aliphatic rings. The van der Waals surface area contributed by atoms with E-state index in [4.69, 9.17) is 4.42 Å². The molecule has 0 atom stereocenters. The molecule has 1 aromatic heterocycles. The quantitative estimate of drug-likeness (QED) is 0.252. The average molecular weight is 436 g/mol. The molecule has 0 N–H and O–H groups in total. The molecule has 160 valence electrons. The smallest absolute Gasteiger partial charge is 0.151 e. The van der Waals surface area contributed by atoms with Gasteiger partial charge in [-0.25, -0.2) is 0 Å². The van der Waals surface area contributed by atoms with Crippen molar-refractivity contribution >= 4 is 54.2 Å². The molecule has 0 fully saturated rings. The van der Waals surface area contributed by atoms with Gasteiger partial charge in [0, 0.05) is 11.9 Å². The number of rotatable bonds is 1. The highest BCUT2D eigenvalue weighted by Crippen LogP contribution is 2.37. The second-order valence-corrected chi connectivity index (χ2v) is 8.61. The van der Waals surface area contributed by atoms with Crippen molar-refractivity contribution in [2.45, 2.75) is 0 Å². The van der Waals surface area contributed by atoms with Crippen molar-refractivity contribution in [2.24, 2.45) is 0 Å². The second kappa shape index (κ2) is 7.50. The van der Waals surface area contributed by atoms with Crippen LogP contribution in [-0.4, -0.2) is 4.57 Å². The zero-order chi connectivity index (χ0) is 22.5. The minimum Gasteiger partial charge on any atom is -0.461 e. The summed E-state index contributed by atoms with van der Waals surface area (Å²) in [6.45, 7) is 0. The molecule has 7 rings (SSSR count). The lowest BCUT2D eigenvalue weighted by Crippen LogP contribution is -1.96. The largest absolute Gasteiger partial charge is 0.461 e. The molecule has 0 saturated carbocycles. The van der Waals surface area contributed by atoms with Crippen LogP contribution in [0.3, 0.4) is 0 Å². The minimum absolute atomic E-state index is 0.853. The molecule has 1 heterocycles. The van der Waals surface area contributed by atoms with E-state index in [2.05, 4.69) is 114 Å². The standard InChI is InChI=1S/C32H21NO/c1-2-10-22(11-3-1)33-18-19-34-32-21-30-28-17-9-7-15-26(28)24-13-5-4-12-23(24)25-14-6-8-16-27(25)29(30)20-31(32)33/h1-21H. The Morgan fingerprint density at radius 1 is 0.441 bits per heavy atom. The molecule has 0 amide bonds. The predicted octanol–water partition coefficient (Wildman–Crippen LogP) is 8.96. The molecule has 0 spiro atoms. The highest BCUT2D eigenvalue weighted by molar-refractivity contribution is 6.26. The third-order valence-electron chi connectivity index (χ3n) is 6.74. The Hall–Kier alpha value is -4.56. The van der Waals surface area contributed by atoms with Gasteiger partial charge in [-0.05, 0) is 67.4 Å². The van der Waals surface area contributed by atoms with Gasteiger partial charge in [0.15, 0.2) is 5.58 Å². The van der Waals surface area contributed by atoms with Crippen LogP contribution in [0, 0.1) is 0 Å². The normalized spacial score (nSPS) is 11.5. The highest BCUT2D eigenvalue weighted by atomic mass is 16.3. The zero-order valence-corrected chi connectivity index (χ0v) is 18.5. The van der Waals surface area contributed by atoms with Crippen LogP contribution < -0.4 is 0 Å². The molecule has 0 radical (unpaired) electrons. The number of nitrogens with zero attached hydrogens (tertiary/aromatic N) is 1.